The zero-order valence-corrected chi connectivity index (χ0v) is 12.6. The van der Waals surface area contributed by atoms with Crippen LogP contribution < -0.4 is 5.32 Å². The van der Waals surface area contributed by atoms with Gasteiger partial charge < -0.3 is 5.32 Å². The van der Waals surface area contributed by atoms with Gasteiger partial charge in [-0.25, -0.2) is 4.98 Å². The Morgan fingerprint density at radius 1 is 1.17 bits per heavy atom. The van der Waals surface area contributed by atoms with Crippen molar-refractivity contribution < 1.29 is 9.72 Å². The van der Waals surface area contributed by atoms with Gasteiger partial charge in [-0.1, -0.05) is 41.7 Å². The fourth-order valence-electron chi connectivity index (χ4n) is 2.08. The van der Waals surface area contributed by atoms with E-state index in [4.69, 9.17) is 0 Å². The second-order valence-corrected chi connectivity index (χ2v) is 5.54. The first-order valence-electron chi connectivity index (χ1n) is 6.70. The maximum Gasteiger partial charge on any atom is 0.324 e. The summed E-state index contributed by atoms with van der Waals surface area (Å²) in [5.41, 5.74) is 1.95. The molecule has 0 bridgehead atoms. The summed E-state index contributed by atoms with van der Waals surface area (Å²) in [5, 5.41) is 14.8. The number of hydrogen-bond acceptors (Lipinski definition) is 5. The van der Waals surface area contributed by atoms with Gasteiger partial charge >= 0.3 is 5.00 Å². The SMILES string of the molecule is O=C(Nc1ncccc1-c1ccccc1)c1csc([N+](=O)[O-])c1. The molecule has 23 heavy (non-hydrogen) atoms. The van der Waals surface area contributed by atoms with Gasteiger partial charge in [-0.3, -0.25) is 14.9 Å². The molecule has 0 spiro atoms. The Labute approximate surface area is 135 Å². The monoisotopic (exact) mass is 325 g/mol. The molecule has 0 aliphatic carbocycles. The lowest BCUT2D eigenvalue weighted by Gasteiger charge is -2.09. The number of thiophene rings is 1. The number of rotatable bonds is 4. The third-order valence-corrected chi connectivity index (χ3v) is 4.03. The smallest absolute Gasteiger partial charge is 0.306 e. The summed E-state index contributed by atoms with van der Waals surface area (Å²) in [7, 11) is 0. The number of amides is 1. The van der Waals surface area contributed by atoms with Crippen molar-refractivity contribution in [1.29, 1.82) is 0 Å². The minimum atomic E-state index is -0.516. The van der Waals surface area contributed by atoms with Crippen molar-refractivity contribution >= 4 is 28.1 Å². The summed E-state index contributed by atoms with van der Waals surface area (Å²) >= 11 is 0.917. The van der Waals surface area contributed by atoms with E-state index in [1.54, 1.807) is 12.3 Å². The average molecular weight is 325 g/mol. The maximum atomic E-state index is 12.3. The second kappa shape index (κ2) is 6.37. The molecule has 114 valence electrons. The molecule has 3 aromatic rings. The van der Waals surface area contributed by atoms with Crippen LogP contribution in [-0.2, 0) is 0 Å². The predicted octanol–water partition coefficient (Wildman–Crippen LogP) is 3.97. The van der Waals surface area contributed by atoms with Gasteiger partial charge in [0.1, 0.15) is 5.82 Å². The molecule has 2 heterocycles. The molecule has 0 atom stereocenters. The van der Waals surface area contributed by atoms with Gasteiger partial charge in [-0.2, -0.15) is 0 Å². The molecule has 0 aliphatic heterocycles. The van der Waals surface area contributed by atoms with Crippen molar-refractivity contribution in [2.45, 2.75) is 0 Å². The Balaban J connectivity index is 1.88. The fraction of sp³-hybridized carbons (Fsp3) is 0. The third-order valence-electron chi connectivity index (χ3n) is 3.15. The number of nitro groups is 1. The molecule has 1 aromatic carbocycles. The fourth-order valence-corrected chi connectivity index (χ4v) is 2.78. The first-order valence-corrected chi connectivity index (χ1v) is 7.58. The highest BCUT2D eigenvalue weighted by molar-refractivity contribution is 7.13. The van der Waals surface area contributed by atoms with Crippen LogP contribution in [0.5, 0.6) is 0 Å². The molecular formula is C16H11N3O3S. The number of carbonyl (C=O) groups is 1. The second-order valence-electron chi connectivity index (χ2n) is 4.65. The highest BCUT2D eigenvalue weighted by Crippen LogP contribution is 2.27. The van der Waals surface area contributed by atoms with Crippen molar-refractivity contribution in [3.63, 3.8) is 0 Å². The first-order chi connectivity index (χ1) is 11.1. The van der Waals surface area contributed by atoms with E-state index in [1.807, 2.05) is 36.4 Å². The quantitative estimate of drug-likeness (QED) is 0.581. The van der Waals surface area contributed by atoms with Gasteiger partial charge in [-0.05, 0) is 17.7 Å². The molecule has 0 aliphatic rings. The number of nitrogens with zero attached hydrogens (tertiary/aromatic N) is 2. The van der Waals surface area contributed by atoms with E-state index in [-0.39, 0.29) is 10.6 Å². The van der Waals surface area contributed by atoms with Crippen LogP contribution in [0.3, 0.4) is 0 Å². The molecule has 6 nitrogen and oxygen atoms in total. The van der Waals surface area contributed by atoms with Crippen LogP contribution in [0.2, 0.25) is 0 Å². The van der Waals surface area contributed by atoms with Crippen molar-refractivity contribution in [2.24, 2.45) is 0 Å². The normalized spacial score (nSPS) is 10.3. The van der Waals surface area contributed by atoms with Crippen LogP contribution in [0.25, 0.3) is 11.1 Å². The van der Waals surface area contributed by atoms with Gasteiger partial charge in [0.15, 0.2) is 0 Å². The lowest BCUT2D eigenvalue weighted by atomic mass is 10.1. The molecule has 0 saturated heterocycles. The van der Waals surface area contributed by atoms with Crippen LogP contribution in [0.4, 0.5) is 10.8 Å². The van der Waals surface area contributed by atoms with Crippen molar-refractivity contribution in [2.75, 3.05) is 5.32 Å². The van der Waals surface area contributed by atoms with Crippen LogP contribution in [0.1, 0.15) is 10.4 Å². The minimum Gasteiger partial charge on any atom is -0.306 e. The number of hydrogen-bond donors (Lipinski definition) is 1. The summed E-state index contributed by atoms with van der Waals surface area (Å²) in [6.07, 6.45) is 1.58. The third kappa shape index (κ3) is 3.24. The maximum absolute atomic E-state index is 12.3. The summed E-state index contributed by atoms with van der Waals surface area (Å²) in [6.45, 7) is 0. The molecule has 0 radical (unpaired) electrons. The van der Waals surface area contributed by atoms with E-state index in [2.05, 4.69) is 10.3 Å². The Kier molecular flexibility index (Phi) is 4.11. The van der Waals surface area contributed by atoms with E-state index in [0.29, 0.717) is 5.82 Å². The minimum absolute atomic E-state index is 0.0700. The summed E-state index contributed by atoms with van der Waals surface area (Å²) in [4.78, 5) is 26.7. The molecule has 2 aromatic heterocycles. The topological polar surface area (TPSA) is 85.1 Å². The average Bonchev–Trinajstić information content (AvgIpc) is 3.07. The zero-order valence-electron chi connectivity index (χ0n) is 11.8. The van der Waals surface area contributed by atoms with Crippen molar-refractivity contribution in [3.05, 3.63) is 75.8 Å². The number of benzene rings is 1. The number of carbonyl (C=O) groups excluding carboxylic acids is 1. The molecular weight excluding hydrogens is 314 g/mol. The van der Waals surface area contributed by atoms with Crippen LogP contribution in [0, 0.1) is 10.1 Å². The predicted molar refractivity (Wildman–Crippen MR) is 88.6 cm³/mol. The standard InChI is InChI=1S/C16H11N3O3S/c20-16(12-9-14(19(21)22)23-10-12)18-15-13(7-4-8-17-15)11-5-2-1-3-6-11/h1-10H,(H,17,18,20). The van der Waals surface area contributed by atoms with Gasteiger partial charge in [-0.15, -0.1) is 0 Å². The lowest BCUT2D eigenvalue weighted by Crippen LogP contribution is -2.12. The van der Waals surface area contributed by atoms with E-state index < -0.39 is 10.8 Å². The van der Waals surface area contributed by atoms with E-state index in [9.17, 15) is 14.9 Å². The van der Waals surface area contributed by atoms with Gasteiger partial charge in [0.05, 0.1) is 10.5 Å². The van der Waals surface area contributed by atoms with Crippen LogP contribution in [-0.4, -0.2) is 15.8 Å². The lowest BCUT2D eigenvalue weighted by molar-refractivity contribution is -0.380. The highest BCUT2D eigenvalue weighted by atomic mass is 32.1. The molecule has 1 amide bonds. The molecule has 7 heteroatoms. The van der Waals surface area contributed by atoms with Crippen LogP contribution in [0.15, 0.2) is 60.1 Å². The van der Waals surface area contributed by atoms with Gasteiger partial charge in [0, 0.05) is 23.2 Å². The molecule has 0 unspecified atom stereocenters. The first kappa shape index (κ1) is 14.9. The Morgan fingerprint density at radius 2 is 1.96 bits per heavy atom. The highest BCUT2D eigenvalue weighted by Gasteiger charge is 2.16. The van der Waals surface area contributed by atoms with Gasteiger partial charge in [0.2, 0.25) is 0 Å². The summed E-state index contributed by atoms with van der Waals surface area (Å²) in [5.74, 6) is -0.0113. The number of nitrogens with one attached hydrogen (secondary N) is 1. The van der Waals surface area contributed by atoms with E-state index in [1.165, 1.54) is 11.4 Å². The number of anilines is 1. The van der Waals surface area contributed by atoms with E-state index in [0.717, 1.165) is 22.5 Å². The Bertz CT molecular complexity index is 862. The summed E-state index contributed by atoms with van der Waals surface area (Å²) in [6, 6.07) is 14.4. The summed E-state index contributed by atoms with van der Waals surface area (Å²) < 4.78 is 0. The van der Waals surface area contributed by atoms with Crippen molar-refractivity contribution in [1.82, 2.24) is 4.98 Å². The van der Waals surface area contributed by atoms with Crippen molar-refractivity contribution in [3.8, 4) is 11.1 Å². The Hall–Kier alpha value is -3.06. The van der Waals surface area contributed by atoms with Gasteiger partial charge in [0.25, 0.3) is 5.91 Å². The number of aromatic nitrogens is 1. The molecule has 1 N–H and O–H groups in total. The zero-order chi connectivity index (χ0) is 16.2. The molecule has 3 rings (SSSR count). The van der Waals surface area contributed by atoms with E-state index >= 15 is 0 Å². The Morgan fingerprint density at radius 3 is 2.65 bits per heavy atom. The van der Waals surface area contributed by atoms with Crippen LogP contribution >= 0.6 is 11.3 Å². The number of pyridine rings is 1. The molecule has 0 saturated carbocycles. The molecule has 0 fully saturated rings. The largest absolute Gasteiger partial charge is 0.324 e.